The zero-order chi connectivity index (χ0) is 23.4. The number of imidazole rings is 1. The van der Waals surface area contributed by atoms with Crippen LogP contribution in [-0.2, 0) is 17.9 Å². The number of nitrogens with zero attached hydrogens (tertiary/aromatic N) is 7. The van der Waals surface area contributed by atoms with Crippen molar-refractivity contribution in [2.24, 2.45) is 0 Å². The molecule has 0 aliphatic heterocycles. The molecule has 0 bridgehead atoms. The highest BCUT2D eigenvalue weighted by molar-refractivity contribution is 7.10. The zero-order valence-corrected chi connectivity index (χ0v) is 19.8. The number of anilines is 2. The van der Waals surface area contributed by atoms with Gasteiger partial charge in [-0.1, -0.05) is 20.3 Å². The Morgan fingerprint density at radius 1 is 1.27 bits per heavy atom. The predicted molar refractivity (Wildman–Crippen MR) is 128 cm³/mol. The van der Waals surface area contributed by atoms with E-state index in [-0.39, 0.29) is 6.54 Å². The maximum absolute atomic E-state index is 11.0. The second kappa shape index (κ2) is 10.1. The lowest BCUT2D eigenvalue weighted by molar-refractivity contribution is -0.137. The van der Waals surface area contributed by atoms with E-state index in [0.29, 0.717) is 11.5 Å². The van der Waals surface area contributed by atoms with Crippen LogP contribution in [0.1, 0.15) is 38.1 Å². The molecule has 4 aromatic heterocycles. The van der Waals surface area contributed by atoms with Crippen LogP contribution in [0.25, 0.3) is 16.9 Å². The molecule has 4 aromatic rings. The highest BCUT2D eigenvalue weighted by Gasteiger charge is 2.15. The van der Waals surface area contributed by atoms with E-state index < -0.39 is 5.97 Å². The molecule has 10 nitrogen and oxygen atoms in total. The predicted octanol–water partition coefficient (Wildman–Crippen LogP) is 3.81. The molecule has 0 aliphatic rings. The quantitative estimate of drug-likeness (QED) is 0.342. The van der Waals surface area contributed by atoms with Crippen LogP contribution in [-0.4, -0.2) is 57.6 Å². The van der Waals surface area contributed by atoms with Crippen LogP contribution in [0.3, 0.4) is 0 Å². The molecular weight excluding hydrogens is 440 g/mol. The van der Waals surface area contributed by atoms with Crippen LogP contribution in [0.2, 0.25) is 0 Å². The Bertz CT molecular complexity index is 1240. The van der Waals surface area contributed by atoms with Crippen molar-refractivity contribution >= 4 is 34.0 Å². The first-order valence-electron chi connectivity index (χ1n) is 11.0. The normalized spacial score (nSPS) is 11.5. The second-order valence-electron chi connectivity index (χ2n) is 7.92. The molecular formula is C22H28N8O2S. The molecule has 0 aromatic carbocycles. The van der Waals surface area contributed by atoms with Crippen molar-refractivity contribution in [3.05, 3.63) is 42.2 Å². The highest BCUT2D eigenvalue weighted by atomic mass is 32.1. The SMILES string of the molecule is CCCCN(CC)Cc1cc(Nc2nc(C)cn3c(-c4cnn(CC(=O)O)c4)cnc23)sn1. The van der Waals surface area contributed by atoms with Crippen molar-refractivity contribution < 1.29 is 9.90 Å². The van der Waals surface area contributed by atoms with Gasteiger partial charge in [-0.2, -0.15) is 9.47 Å². The molecule has 0 unspecified atom stereocenters. The van der Waals surface area contributed by atoms with E-state index in [1.54, 1.807) is 18.6 Å². The van der Waals surface area contributed by atoms with Crippen LogP contribution in [0.15, 0.2) is 30.9 Å². The molecule has 33 heavy (non-hydrogen) atoms. The summed E-state index contributed by atoms with van der Waals surface area (Å²) in [4.78, 5) is 22.6. The molecule has 4 heterocycles. The third kappa shape index (κ3) is 5.37. The first-order chi connectivity index (χ1) is 16.0. The van der Waals surface area contributed by atoms with E-state index in [1.807, 2.05) is 17.5 Å². The van der Waals surface area contributed by atoms with Gasteiger partial charge in [-0.25, -0.2) is 9.97 Å². The molecule has 2 N–H and O–H groups in total. The number of rotatable bonds is 11. The zero-order valence-electron chi connectivity index (χ0n) is 19.0. The fourth-order valence-electron chi connectivity index (χ4n) is 3.65. The largest absolute Gasteiger partial charge is 0.480 e. The summed E-state index contributed by atoms with van der Waals surface area (Å²) in [5.74, 6) is -0.293. The van der Waals surface area contributed by atoms with Gasteiger partial charge in [0.25, 0.3) is 0 Å². The summed E-state index contributed by atoms with van der Waals surface area (Å²) in [5.41, 5.74) is 4.14. The fourth-order valence-corrected chi connectivity index (χ4v) is 4.31. The van der Waals surface area contributed by atoms with Crippen LogP contribution in [0.5, 0.6) is 0 Å². The highest BCUT2D eigenvalue weighted by Crippen LogP contribution is 2.28. The Balaban J connectivity index is 1.56. The minimum Gasteiger partial charge on any atom is -0.480 e. The number of hydrogen-bond donors (Lipinski definition) is 2. The summed E-state index contributed by atoms with van der Waals surface area (Å²) in [6.07, 6.45) is 9.36. The van der Waals surface area contributed by atoms with Crippen LogP contribution < -0.4 is 5.32 Å². The smallest absolute Gasteiger partial charge is 0.325 e. The van der Waals surface area contributed by atoms with Gasteiger partial charge in [0, 0.05) is 24.5 Å². The van der Waals surface area contributed by atoms with Gasteiger partial charge >= 0.3 is 5.97 Å². The first kappa shape index (κ1) is 22.9. The second-order valence-corrected chi connectivity index (χ2v) is 8.72. The van der Waals surface area contributed by atoms with E-state index in [1.165, 1.54) is 29.1 Å². The van der Waals surface area contributed by atoms with Crippen LogP contribution in [0, 0.1) is 6.92 Å². The third-order valence-corrected chi connectivity index (χ3v) is 6.04. The average Bonchev–Trinajstić information content (AvgIpc) is 3.50. The molecule has 0 spiro atoms. The van der Waals surface area contributed by atoms with E-state index in [9.17, 15) is 4.79 Å². The fraction of sp³-hybridized carbons (Fsp3) is 0.409. The lowest BCUT2D eigenvalue weighted by Gasteiger charge is -2.18. The summed E-state index contributed by atoms with van der Waals surface area (Å²) in [6.45, 7) is 9.03. The lowest BCUT2D eigenvalue weighted by atomic mass is 10.3. The van der Waals surface area contributed by atoms with E-state index in [0.717, 1.165) is 47.3 Å². The standard InChI is InChI=1S/C22H28N8O2S/c1-4-6-7-28(5-2)13-17-8-19(33-27-17)26-21-22-23-10-18(30(22)11-15(3)25-21)16-9-24-29(12-16)14-20(31)32/h8-12H,4-7,13-14H2,1-3H3,(H,25,26)(H,31,32). The Kier molecular flexibility index (Phi) is 6.99. The van der Waals surface area contributed by atoms with Crippen LogP contribution in [0.4, 0.5) is 10.8 Å². The number of fused-ring (bicyclic) bond motifs is 1. The topological polar surface area (TPSA) is 113 Å². The Morgan fingerprint density at radius 3 is 2.88 bits per heavy atom. The van der Waals surface area contributed by atoms with Crippen molar-refractivity contribution in [1.29, 1.82) is 0 Å². The number of aryl methyl sites for hydroxylation is 1. The Morgan fingerprint density at radius 2 is 2.12 bits per heavy atom. The molecule has 174 valence electrons. The monoisotopic (exact) mass is 468 g/mol. The van der Waals surface area contributed by atoms with Gasteiger partial charge in [-0.05, 0) is 44.0 Å². The molecule has 11 heteroatoms. The number of nitrogens with one attached hydrogen (secondary N) is 1. The molecule has 0 radical (unpaired) electrons. The molecule has 0 aliphatic carbocycles. The molecule has 4 rings (SSSR count). The van der Waals surface area contributed by atoms with Gasteiger partial charge in [-0.15, -0.1) is 0 Å². The number of aliphatic carboxylic acids is 1. The third-order valence-electron chi connectivity index (χ3n) is 5.30. The first-order valence-corrected chi connectivity index (χ1v) is 11.8. The lowest BCUT2D eigenvalue weighted by Crippen LogP contribution is -2.24. The van der Waals surface area contributed by atoms with E-state index in [2.05, 4.69) is 49.6 Å². The van der Waals surface area contributed by atoms with Crippen molar-refractivity contribution in [2.75, 3.05) is 18.4 Å². The minimum absolute atomic E-state index is 0.189. The number of carboxylic acid groups (broad SMARTS) is 1. The van der Waals surface area contributed by atoms with Gasteiger partial charge in [-0.3, -0.25) is 18.8 Å². The van der Waals surface area contributed by atoms with Gasteiger partial charge < -0.3 is 10.4 Å². The number of hydrogen-bond acceptors (Lipinski definition) is 8. The number of aromatic nitrogens is 6. The molecule has 0 atom stereocenters. The van der Waals surface area contributed by atoms with Crippen LogP contribution >= 0.6 is 11.5 Å². The number of carboxylic acids is 1. The molecule has 0 fully saturated rings. The van der Waals surface area contributed by atoms with E-state index in [4.69, 9.17) is 5.11 Å². The van der Waals surface area contributed by atoms with Gasteiger partial charge in [0.2, 0.25) is 0 Å². The molecule has 0 amide bonds. The number of carbonyl (C=O) groups is 1. The van der Waals surface area contributed by atoms with Crippen molar-refractivity contribution in [1.82, 2.24) is 33.4 Å². The van der Waals surface area contributed by atoms with E-state index >= 15 is 0 Å². The Hall–Kier alpha value is -3.31. The molecule has 0 saturated carbocycles. The summed E-state index contributed by atoms with van der Waals surface area (Å²) in [7, 11) is 0. The molecule has 0 saturated heterocycles. The number of unbranched alkanes of at least 4 members (excludes halogenated alkanes) is 1. The van der Waals surface area contributed by atoms with Crippen molar-refractivity contribution in [3.63, 3.8) is 0 Å². The van der Waals surface area contributed by atoms with Gasteiger partial charge in [0.1, 0.15) is 11.5 Å². The maximum Gasteiger partial charge on any atom is 0.325 e. The van der Waals surface area contributed by atoms with Gasteiger partial charge in [0.05, 0.1) is 29.5 Å². The minimum atomic E-state index is -0.939. The van der Waals surface area contributed by atoms with Gasteiger partial charge in [0.15, 0.2) is 11.5 Å². The Labute approximate surface area is 196 Å². The van der Waals surface area contributed by atoms with Crippen molar-refractivity contribution in [2.45, 2.75) is 46.7 Å². The summed E-state index contributed by atoms with van der Waals surface area (Å²) in [5, 5.41) is 17.4. The maximum atomic E-state index is 11.0. The summed E-state index contributed by atoms with van der Waals surface area (Å²) >= 11 is 1.41. The van der Waals surface area contributed by atoms with Crippen molar-refractivity contribution in [3.8, 4) is 11.3 Å². The summed E-state index contributed by atoms with van der Waals surface area (Å²) < 4.78 is 7.95. The average molecular weight is 469 g/mol. The summed E-state index contributed by atoms with van der Waals surface area (Å²) in [6, 6.07) is 2.07.